The van der Waals surface area contributed by atoms with E-state index in [9.17, 15) is 9.59 Å². The van der Waals surface area contributed by atoms with Crippen molar-refractivity contribution < 1.29 is 9.59 Å². The van der Waals surface area contributed by atoms with E-state index in [1.807, 2.05) is 0 Å². The van der Waals surface area contributed by atoms with Gasteiger partial charge in [0.25, 0.3) is 0 Å². The number of rotatable bonds is 5. The molecule has 0 aromatic heterocycles. The Morgan fingerprint density at radius 3 is 2.35 bits per heavy atom. The molecule has 0 spiro atoms. The molecule has 0 saturated heterocycles. The van der Waals surface area contributed by atoms with Crippen molar-refractivity contribution in [3.8, 4) is 0 Å². The second kappa shape index (κ2) is 8.55. The molecule has 0 heterocycles. The van der Waals surface area contributed by atoms with Crippen molar-refractivity contribution in [2.45, 2.75) is 51.5 Å². The molecule has 1 aliphatic carbocycles. The third-order valence-electron chi connectivity index (χ3n) is 4.12. The maximum Gasteiger partial charge on any atom is 0.223 e. The van der Waals surface area contributed by atoms with Crippen molar-refractivity contribution in [2.24, 2.45) is 0 Å². The second-order valence-corrected chi connectivity index (χ2v) is 6.71. The average molecular weight is 357 g/mol. The highest BCUT2D eigenvalue weighted by atomic mass is 35.5. The number of anilines is 1. The number of benzene rings is 1. The Morgan fingerprint density at radius 2 is 1.78 bits per heavy atom. The molecular weight excluding hydrogens is 335 g/mol. The molecule has 2 rings (SSSR count). The smallest absolute Gasteiger partial charge is 0.223 e. The molecule has 0 radical (unpaired) electrons. The molecular formula is C17H22Cl2N2O2. The fraction of sp³-hybridized carbons (Fsp3) is 0.529. The number of hydrogen-bond donors (Lipinski definition) is 1. The van der Waals surface area contributed by atoms with Gasteiger partial charge in [0.05, 0.1) is 15.7 Å². The lowest BCUT2D eigenvalue weighted by atomic mass is 9.95. The van der Waals surface area contributed by atoms with Crippen LogP contribution < -0.4 is 10.2 Å². The summed E-state index contributed by atoms with van der Waals surface area (Å²) in [6, 6.07) is 5.36. The summed E-state index contributed by atoms with van der Waals surface area (Å²) in [6.45, 7) is 1.70. The molecule has 23 heavy (non-hydrogen) atoms. The van der Waals surface area contributed by atoms with Gasteiger partial charge in [-0.1, -0.05) is 48.5 Å². The largest absolute Gasteiger partial charge is 0.353 e. The zero-order chi connectivity index (χ0) is 16.8. The molecule has 4 nitrogen and oxygen atoms in total. The lowest BCUT2D eigenvalue weighted by molar-refractivity contribution is -0.121. The van der Waals surface area contributed by atoms with Gasteiger partial charge in [-0.15, -0.1) is 0 Å². The molecule has 1 aromatic rings. The normalized spacial score (nSPS) is 15.3. The van der Waals surface area contributed by atoms with Crippen LogP contribution in [0.1, 0.15) is 45.4 Å². The predicted octanol–water partition coefficient (Wildman–Crippen LogP) is 4.19. The quantitative estimate of drug-likeness (QED) is 0.859. The summed E-state index contributed by atoms with van der Waals surface area (Å²) in [5, 5.41) is 3.86. The summed E-state index contributed by atoms with van der Waals surface area (Å²) < 4.78 is 0. The summed E-state index contributed by atoms with van der Waals surface area (Å²) >= 11 is 12.3. The number of para-hydroxylation sites is 1. The molecule has 0 bridgehead atoms. The Bertz CT molecular complexity index is 551. The Balaban J connectivity index is 1.97. The Hall–Kier alpha value is -1.26. The summed E-state index contributed by atoms with van der Waals surface area (Å²) in [6.07, 6.45) is 5.89. The first-order chi connectivity index (χ1) is 11.0. The molecule has 0 aliphatic heterocycles. The highest BCUT2D eigenvalue weighted by Gasteiger charge is 2.20. The van der Waals surface area contributed by atoms with Crippen LogP contribution in [0.2, 0.25) is 10.0 Å². The molecule has 1 N–H and O–H groups in total. The lowest BCUT2D eigenvalue weighted by Gasteiger charge is -2.25. The van der Waals surface area contributed by atoms with Crippen LogP contribution in [0.3, 0.4) is 0 Å². The lowest BCUT2D eigenvalue weighted by Crippen LogP contribution is -2.39. The Kier molecular flexibility index (Phi) is 6.72. The Labute approximate surface area is 147 Å². The van der Waals surface area contributed by atoms with E-state index in [-0.39, 0.29) is 30.8 Å². The van der Waals surface area contributed by atoms with E-state index in [2.05, 4.69) is 5.32 Å². The van der Waals surface area contributed by atoms with Crippen molar-refractivity contribution in [1.29, 1.82) is 0 Å². The minimum atomic E-state index is -0.189. The van der Waals surface area contributed by atoms with Gasteiger partial charge in [-0.25, -0.2) is 0 Å². The number of carbonyl (C=O) groups excluding carboxylic acids is 2. The molecule has 1 fully saturated rings. The minimum absolute atomic E-state index is 0.0358. The Morgan fingerprint density at radius 1 is 1.17 bits per heavy atom. The minimum Gasteiger partial charge on any atom is -0.353 e. The summed E-state index contributed by atoms with van der Waals surface area (Å²) in [5.41, 5.74) is 0.466. The van der Waals surface area contributed by atoms with Crippen LogP contribution in [0.25, 0.3) is 0 Å². The van der Waals surface area contributed by atoms with E-state index >= 15 is 0 Å². The summed E-state index contributed by atoms with van der Waals surface area (Å²) in [7, 11) is 0. The third kappa shape index (κ3) is 5.11. The van der Waals surface area contributed by atoms with Gasteiger partial charge in [0, 0.05) is 25.9 Å². The first kappa shape index (κ1) is 18.1. The zero-order valence-corrected chi connectivity index (χ0v) is 14.8. The van der Waals surface area contributed by atoms with Gasteiger partial charge < -0.3 is 10.2 Å². The third-order valence-corrected chi connectivity index (χ3v) is 4.73. The van der Waals surface area contributed by atoms with Crippen LogP contribution in [-0.2, 0) is 9.59 Å². The van der Waals surface area contributed by atoms with Crippen LogP contribution in [0.5, 0.6) is 0 Å². The van der Waals surface area contributed by atoms with Crippen LogP contribution in [0.15, 0.2) is 18.2 Å². The van der Waals surface area contributed by atoms with Crippen molar-refractivity contribution in [3.05, 3.63) is 28.2 Å². The highest BCUT2D eigenvalue weighted by molar-refractivity contribution is 6.39. The van der Waals surface area contributed by atoms with Crippen molar-refractivity contribution in [3.63, 3.8) is 0 Å². The maximum atomic E-state index is 12.1. The fourth-order valence-electron chi connectivity index (χ4n) is 2.93. The van der Waals surface area contributed by atoms with Crippen molar-refractivity contribution in [1.82, 2.24) is 5.32 Å². The molecule has 1 aliphatic rings. The first-order valence-electron chi connectivity index (χ1n) is 8.00. The van der Waals surface area contributed by atoms with Gasteiger partial charge in [-0.2, -0.15) is 0 Å². The predicted molar refractivity (Wildman–Crippen MR) is 94.1 cm³/mol. The van der Waals surface area contributed by atoms with E-state index in [4.69, 9.17) is 23.2 Å². The second-order valence-electron chi connectivity index (χ2n) is 5.89. The number of amides is 2. The van der Waals surface area contributed by atoms with Gasteiger partial charge in [0.1, 0.15) is 0 Å². The van der Waals surface area contributed by atoms with Gasteiger partial charge in [0.15, 0.2) is 0 Å². The molecule has 126 valence electrons. The molecule has 1 saturated carbocycles. The maximum absolute atomic E-state index is 12.1. The molecule has 0 atom stereocenters. The van der Waals surface area contributed by atoms with Crippen molar-refractivity contribution >= 4 is 40.7 Å². The monoisotopic (exact) mass is 356 g/mol. The van der Waals surface area contributed by atoms with Gasteiger partial charge >= 0.3 is 0 Å². The summed E-state index contributed by atoms with van der Waals surface area (Å²) in [5.74, 6) is -0.225. The molecule has 6 heteroatoms. The van der Waals surface area contributed by atoms with Gasteiger partial charge in [0.2, 0.25) is 11.8 Å². The van der Waals surface area contributed by atoms with E-state index in [0.29, 0.717) is 15.7 Å². The van der Waals surface area contributed by atoms with Crippen molar-refractivity contribution in [2.75, 3.05) is 11.4 Å². The number of carbonyl (C=O) groups is 2. The van der Waals surface area contributed by atoms with E-state index in [1.165, 1.54) is 31.1 Å². The number of hydrogen-bond acceptors (Lipinski definition) is 2. The first-order valence-corrected chi connectivity index (χ1v) is 8.76. The molecule has 2 amide bonds. The standard InChI is InChI=1S/C17H22Cl2N2O2/c1-12(22)21(17-14(18)8-5-9-15(17)19)11-10-16(23)20-13-6-3-2-4-7-13/h5,8-9,13H,2-4,6-7,10-11H2,1H3,(H,20,23). The van der Waals surface area contributed by atoms with E-state index < -0.39 is 0 Å². The topological polar surface area (TPSA) is 49.4 Å². The van der Waals surface area contributed by atoms with Crippen LogP contribution in [0.4, 0.5) is 5.69 Å². The number of nitrogens with one attached hydrogen (secondary N) is 1. The average Bonchev–Trinajstić information content (AvgIpc) is 2.50. The molecule has 0 unspecified atom stereocenters. The van der Waals surface area contributed by atoms with Gasteiger partial charge in [-0.05, 0) is 25.0 Å². The van der Waals surface area contributed by atoms with E-state index in [1.54, 1.807) is 18.2 Å². The SMILES string of the molecule is CC(=O)N(CCC(=O)NC1CCCCC1)c1c(Cl)cccc1Cl. The fourth-order valence-corrected chi connectivity index (χ4v) is 3.54. The highest BCUT2D eigenvalue weighted by Crippen LogP contribution is 2.33. The van der Waals surface area contributed by atoms with Crippen LogP contribution >= 0.6 is 23.2 Å². The van der Waals surface area contributed by atoms with E-state index in [0.717, 1.165) is 12.8 Å². The number of halogens is 2. The van der Waals surface area contributed by atoms with Crippen LogP contribution in [0, 0.1) is 0 Å². The van der Waals surface area contributed by atoms with Gasteiger partial charge in [-0.3, -0.25) is 9.59 Å². The summed E-state index contributed by atoms with van der Waals surface area (Å²) in [4.78, 5) is 25.5. The van der Waals surface area contributed by atoms with Crippen LogP contribution in [-0.4, -0.2) is 24.4 Å². The number of nitrogens with zero attached hydrogens (tertiary/aromatic N) is 1. The zero-order valence-electron chi connectivity index (χ0n) is 13.3. The molecule has 1 aromatic carbocycles.